The van der Waals surface area contributed by atoms with E-state index in [1.54, 1.807) is 0 Å². The van der Waals surface area contributed by atoms with Gasteiger partial charge in [-0.15, -0.1) is 0 Å². The summed E-state index contributed by atoms with van der Waals surface area (Å²) in [6.07, 6.45) is 24.3. The molecule has 2 rings (SSSR count). The van der Waals surface area contributed by atoms with Crippen molar-refractivity contribution in [2.45, 2.75) is 24.9 Å². The van der Waals surface area contributed by atoms with Crippen LogP contribution in [0.2, 0.25) is 0 Å². The summed E-state index contributed by atoms with van der Waals surface area (Å²) in [5.41, 5.74) is 0. The summed E-state index contributed by atoms with van der Waals surface area (Å²) in [5, 5.41) is 23.5. The van der Waals surface area contributed by atoms with Crippen LogP contribution in [0, 0.1) is 0 Å². The van der Waals surface area contributed by atoms with E-state index in [0.717, 1.165) is 12.8 Å². The molecule has 0 saturated carbocycles. The Kier molecular flexibility index (Phi) is 11.7. The van der Waals surface area contributed by atoms with Crippen LogP contribution in [0.3, 0.4) is 0 Å². The van der Waals surface area contributed by atoms with Crippen molar-refractivity contribution in [1.82, 2.24) is 0 Å². The van der Waals surface area contributed by atoms with Crippen LogP contribution in [0.25, 0.3) is 0 Å². The molecule has 24 heavy (non-hydrogen) atoms. The molecule has 2 aliphatic heterocycles. The van der Waals surface area contributed by atoms with E-state index >= 15 is 0 Å². The van der Waals surface area contributed by atoms with Crippen molar-refractivity contribution in [2.75, 3.05) is 0 Å². The van der Waals surface area contributed by atoms with Crippen LogP contribution in [0.15, 0.2) is 59.2 Å². The van der Waals surface area contributed by atoms with Gasteiger partial charge in [0, 0.05) is 25.0 Å². The molecule has 0 aromatic carbocycles. The van der Waals surface area contributed by atoms with Crippen molar-refractivity contribution in [2.24, 2.45) is 10.3 Å². The molecule has 0 spiro atoms. The van der Waals surface area contributed by atoms with Gasteiger partial charge in [-0.25, -0.2) is 0 Å². The standard InChI is InChI=1S/C16H18N4O2.2BrH/c21-17-13-15-7-1-3-9-19(15)11-5-6-12-20-10-4-2-8-16(20)14-18-22;;/h1-4,7-16H,5-6H2;2*1H. The number of allylic oxidation sites excluding steroid dienone is 4. The number of halogens is 2. The van der Waals surface area contributed by atoms with E-state index < -0.39 is 0 Å². The Morgan fingerprint density at radius 1 is 0.750 bits per heavy atom. The lowest BCUT2D eigenvalue weighted by Crippen LogP contribution is -3.00. The molecule has 0 amide bonds. The molecule has 2 aliphatic rings. The minimum Gasteiger partial charge on any atom is -1.00 e. The second kappa shape index (κ2) is 12.6. The maximum atomic E-state index is 8.67. The lowest BCUT2D eigenvalue weighted by atomic mass is 10.2. The van der Waals surface area contributed by atoms with E-state index in [4.69, 9.17) is 10.4 Å². The molecule has 0 saturated heterocycles. The van der Waals surface area contributed by atoms with Crippen LogP contribution in [-0.2, 0) is 0 Å². The van der Waals surface area contributed by atoms with Crippen molar-refractivity contribution in [1.29, 1.82) is 0 Å². The van der Waals surface area contributed by atoms with Gasteiger partial charge in [-0.2, -0.15) is 9.15 Å². The third-order valence-corrected chi connectivity index (χ3v) is 3.33. The van der Waals surface area contributed by atoms with Crippen molar-refractivity contribution in [3.63, 3.8) is 0 Å². The van der Waals surface area contributed by atoms with Gasteiger partial charge in [0.1, 0.15) is 24.9 Å². The molecule has 2 atom stereocenters. The first-order valence-electron chi connectivity index (χ1n) is 7.12. The first kappa shape index (κ1) is 22.2. The lowest BCUT2D eigenvalue weighted by Gasteiger charge is -2.06. The fourth-order valence-electron chi connectivity index (χ4n) is 2.25. The monoisotopic (exact) mass is 458 g/mol. The zero-order valence-electron chi connectivity index (χ0n) is 12.9. The van der Waals surface area contributed by atoms with Crippen LogP contribution < -0.4 is 34.0 Å². The molecule has 0 fully saturated rings. The highest BCUT2D eigenvalue weighted by Crippen LogP contribution is 2.02. The SMILES string of the molecule is ON=CC1C=CC=C[N+]1=CCCC=[N+]1C=CC=CC1C=NO.[Br-].[Br-]. The quantitative estimate of drug-likeness (QED) is 0.144. The Bertz CT molecular complexity index is 566. The molecular weight excluding hydrogens is 440 g/mol. The Morgan fingerprint density at radius 3 is 1.54 bits per heavy atom. The summed E-state index contributed by atoms with van der Waals surface area (Å²) in [5.74, 6) is 0. The molecule has 0 aromatic rings. The molecule has 0 aromatic heterocycles. The summed E-state index contributed by atoms with van der Waals surface area (Å²) in [6, 6.07) is -0.107. The van der Waals surface area contributed by atoms with Gasteiger partial charge in [-0.1, -0.05) is 22.5 Å². The average Bonchev–Trinajstić information content (AvgIpc) is 2.55. The van der Waals surface area contributed by atoms with Gasteiger partial charge >= 0.3 is 0 Å². The van der Waals surface area contributed by atoms with Crippen LogP contribution in [-0.4, -0.2) is 56.5 Å². The number of hydrogen-bond donors (Lipinski definition) is 2. The van der Waals surface area contributed by atoms with Gasteiger partial charge in [-0.3, -0.25) is 0 Å². The van der Waals surface area contributed by atoms with Crippen LogP contribution in [0.1, 0.15) is 12.8 Å². The normalized spacial score (nSPS) is 25.5. The number of nitrogens with zero attached hydrogens (tertiary/aromatic N) is 4. The van der Waals surface area contributed by atoms with Crippen molar-refractivity contribution >= 4 is 24.9 Å². The first-order chi connectivity index (χ1) is 10.8. The Balaban J connectivity index is 0.00000264. The average molecular weight is 460 g/mol. The second-order valence-corrected chi connectivity index (χ2v) is 4.80. The molecule has 2 unspecified atom stereocenters. The number of rotatable bonds is 5. The van der Waals surface area contributed by atoms with Crippen LogP contribution in [0.4, 0.5) is 0 Å². The van der Waals surface area contributed by atoms with E-state index in [0.29, 0.717) is 0 Å². The lowest BCUT2D eigenvalue weighted by molar-refractivity contribution is -0.466. The fourth-order valence-corrected chi connectivity index (χ4v) is 2.25. The summed E-state index contributed by atoms with van der Waals surface area (Å²) >= 11 is 0. The van der Waals surface area contributed by atoms with Gasteiger partial charge in [0.15, 0.2) is 12.4 Å². The van der Waals surface area contributed by atoms with Crippen molar-refractivity contribution in [3.05, 3.63) is 48.9 Å². The Labute approximate surface area is 162 Å². The fraction of sp³-hybridized carbons (Fsp3) is 0.250. The molecule has 0 bridgehead atoms. The molecule has 2 heterocycles. The third-order valence-electron chi connectivity index (χ3n) is 3.33. The summed E-state index contributed by atoms with van der Waals surface area (Å²) in [6.45, 7) is 0. The van der Waals surface area contributed by atoms with Crippen LogP contribution in [0.5, 0.6) is 0 Å². The highest BCUT2D eigenvalue weighted by molar-refractivity contribution is 5.69. The molecule has 0 aliphatic carbocycles. The number of unbranched alkanes of at least 4 members (excludes halogenated alkanes) is 1. The molecule has 6 nitrogen and oxygen atoms in total. The van der Waals surface area contributed by atoms with Gasteiger partial charge in [0.25, 0.3) is 0 Å². The zero-order valence-corrected chi connectivity index (χ0v) is 16.1. The second-order valence-electron chi connectivity index (χ2n) is 4.80. The first-order valence-corrected chi connectivity index (χ1v) is 7.12. The van der Waals surface area contributed by atoms with Gasteiger partial charge in [0.05, 0.1) is 0 Å². The van der Waals surface area contributed by atoms with Crippen molar-refractivity contribution < 1.29 is 53.5 Å². The number of oxime groups is 2. The van der Waals surface area contributed by atoms with E-state index in [1.807, 2.05) is 58.0 Å². The van der Waals surface area contributed by atoms with E-state index in [-0.39, 0.29) is 46.0 Å². The summed E-state index contributed by atoms with van der Waals surface area (Å²) < 4.78 is 3.98. The van der Waals surface area contributed by atoms with Gasteiger partial charge in [-0.05, 0) is 12.2 Å². The summed E-state index contributed by atoms with van der Waals surface area (Å²) in [7, 11) is 0. The zero-order chi connectivity index (χ0) is 15.6. The van der Waals surface area contributed by atoms with E-state index in [2.05, 4.69) is 22.7 Å². The minimum absolute atomic E-state index is 0. The predicted octanol–water partition coefficient (Wildman–Crippen LogP) is -4.23. The topological polar surface area (TPSA) is 71.2 Å². The Hall–Kier alpha value is -1.80. The Morgan fingerprint density at radius 2 is 1.17 bits per heavy atom. The highest BCUT2D eigenvalue weighted by atomic mass is 79.9. The van der Waals surface area contributed by atoms with E-state index in [9.17, 15) is 0 Å². The molecule has 2 N–H and O–H groups in total. The largest absolute Gasteiger partial charge is 1.00 e. The maximum Gasteiger partial charge on any atom is 0.215 e. The molecule has 0 radical (unpaired) electrons. The minimum atomic E-state index is -0.0536. The summed E-state index contributed by atoms with van der Waals surface area (Å²) in [4.78, 5) is 0. The molecule has 8 heteroatoms. The molecule has 130 valence electrons. The predicted molar refractivity (Wildman–Crippen MR) is 86.6 cm³/mol. The highest BCUT2D eigenvalue weighted by Gasteiger charge is 2.17. The third kappa shape index (κ3) is 6.76. The smallest absolute Gasteiger partial charge is 0.215 e. The van der Waals surface area contributed by atoms with Gasteiger partial charge < -0.3 is 44.4 Å². The van der Waals surface area contributed by atoms with Gasteiger partial charge in [0.2, 0.25) is 12.1 Å². The maximum absolute atomic E-state index is 8.67. The van der Waals surface area contributed by atoms with Crippen molar-refractivity contribution in [3.8, 4) is 0 Å². The van der Waals surface area contributed by atoms with Crippen LogP contribution >= 0.6 is 0 Å². The van der Waals surface area contributed by atoms with E-state index in [1.165, 1.54) is 12.4 Å². The molecular formula is C16H20Br2N4O2. The number of hydrogen-bond acceptors (Lipinski definition) is 4.